The standard InChI is InChI=1S/C23H21FN8/c1-2-17-4-6-21-28-29-22(32(21)30-17)8-14-3-5-20-19(23(14)24)7-15(9-26-20)16-10-27-31(13-16)18-11-25-12-18/h3-7,9-10,13,18,25H,2,8,11-12H2,1H3. The first-order valence-electron chi connectivity index (χ1n) is 10.7. The fourth-order valence-corrected chi connectivity index (χ4v) is 3.99. The summed E-state index contributed by atoms with van der Waals surface area (Å²) in [6.45, 7) is 3.88. The lowest BCUT2D eigenvalue weighted by Crippen LogP contribution is -2.43. The van der Waals surface area contributed by atoms with Crippen molar-refractivity contribution in [2.45, 2.75) is 25.8 Å². The molecule has 5 heterocycles. The number of rotatable bonds is 5. The number of halogens is 1. The molecule has 32 heavy (non-hydrogen) atoms. The molecule has 0 radical (unpaired) electrons. The van der Waals surface area contributed by atoms with Crippen molar-refractivity contribution in [3.63, 3.8) is 0 Å². The van der Waals surface area contributed by atoms with Gasteiger partial charge in [-0.15, -0.1) is 10.2 Å². The van der Waals surface area contributed by atoms with Gasteiger partial charge >= 0.3 is 0 Å². The minimum Gasteiger partial charge on any atom is -0.312 e. The quantitative estimate of drug-likeness (QED) is 0.463. The number of hydrogen-bond donors (Lipinski definition) is 1. The molecule has 0 unspecified atom stereocenters. The number of benzene rings is 1. The molecule has 0 aliphatic carbocycles. The molecule has 6 rings (SSSR count). The number of hydrogen-bond acceptors (Lipinski definition) is 6. The van der Waals surface area contributed by atoms with Crippen LogP contribution in [0.3, 0.4) is 0 Å². The van der Waals surface area contributed by atoms with E-state index in [-0.39, 0.29) is 5.82 Å². The van der Waals surface area contributed by atoms with E-state index in [9.17, 15) is 0 Å². The van der Waals surface area contributed by atoms with Gasteiger partial charge in [-0.3, -0.25) is 9.67 Å². The highest BCUT2D eigenvalue weighted by molar-refractivity contribution is 5.84. The summed E-state index contributed by atoms with van der Waals surface area (Å²) in [7, 11) is 0. The minimum atomic E-state index is -0.296. The molecule has 8 nitrogen and oxygen atoms in total. The van der Waals surface area contributed by atoms with Gasteiger partial charge in [0, 0.05) is 48.4 Å². The average molecular weight is 428 g/mol. The van der Waals surface area contributed by atoms with Gasteiger partial charge < -0.3 is 5.32 Å². The van der Waals surface area contributed by atoms with Crippen LogP contribution in [0.15, 0.2) is 48.9 Å². The van der Waals surface area contributed by atoms with Crippen LogP contribution >= 0.6 is 0 Å². The number of aromatic nitrogens is 7. The van der Waals surface area contributed by atoms with E-state index in [2.05, 4.69) is 30.7 Å². The Morgan fingerprint density at radius 2 is 2.00 bits per heavy atom. The number of aryl methyl sites for hydroxylation is 1. The van der Waals surface area contributed by atoms with Crippen molar-refractivity contribution in [2.75, 3.05) is 13.1 Å². The van der Waals surface area contributed by atoms with Gasteiger partial charge in [0.05, 0.1) is 23.4 Å². The Hall–Kier alpha value is -3.72. The van der Waals surface area contributed by atoms with Gasteiger partial charge in [-0.25, -0.2) is 4.39 Å². The second-order valence-electron chi connectivity index (χ2n) is 8.09. The molecule has 1 N–H and O–H groups in total. The van der Waals surface area contributed by atoms with Crippen molar-refractivity contribution >= 4 is 16.6 Å². The van der Waals surface area contributed by atoms with Gasteiger partial charge in [0.25, 0.3) is 0 Å². The number of nitrogens with one attached hydrogen (secondary N) is 1. The molecule has 0 bridgehead atoms. The first kappa shape index (κ1) is 19.0. The van der Waals surface area contributed by atoms with E-state index in [1.807, 2.05) is 48.3 Å². The Bertz CT molecular complexity index is 1450. The Morgan fingerprint density at radius 3 is 2.81 bits per heavy atom. The second kappa shape index (κ2) is 7.45. The lowest BCUT2D eigenvalue weighted by molar-refractivity contribution is 0.318. The molecule has 1 fully saturated rings. The van der Waals surface area contributed by atoms with Crippen molar-refractivity contribution in [2.24, 2.45) is 0 Å². The highest BCUT2D eigenvalue weighted by atomic mass is 19.1. The summed E-state index contributed by atoms with van der Waals surface area (Å²) in [4.78, 5) is 4.48. The third kappa shape index (κ3) is 3.13. The zero-order valence-corrected chi connectivity index (χ0v) is 17.5. The lowest BCUT2D eigenvalue weighted by atomic mass is 10.0. The number of pyridine rings is 1. The summed E-state index contributed by atoms with van der Waals surface area (Å²) >= 11 is 0. The van der Waals surface area contributed by atoms with Crippen LogP contribution < -0.4 is 5.32 Å². The number of nitrogens with zero attached hydrogens (tertiary/aromatic N) is 7. The van der Waals surface area contributed by atoms with Crippen LogP contribution in [0.2, 0.25) is 0 Å². The minimum absolute atomic E-state index is 0.292. The van der Waals surface area contributed by atoms with E-state index in [0.717, 1.165) is 36.3 Å². The highest BCUT2D eigenvalue weighted by Gasteiger charge is 2.20. The normalized spacial score (nSPS) is 14.3. The summed E-state index contributed by atoms with van der Waals surface area (Å²) < 4.78 is 19.2. The molecule has 1 aromatic carbocycles. The molecule has 4 aromatic heterocycles. The second-order valence-corrected chi connectivity index (χ2v) is 8.09. The molecule has 5 aromatic rings. The van der Waals surface area contributed by atoms with Crippen molar-refractivity contribution in [3.8, 4) is 11.1 Å². The van der Waals surface area contributed by atoms with Gasteiger partial charge in [0.1, 0.15) is 5.82 Å². The Balaban J connectivity index is 1.37. The molecule has 0 atom stereocenters. The molecule has 1 aliphatic rings. The monoisotopic (exact) mass is 428 g/mol. The van der Waals surface area contributed by atoms with Crippen molar-refractivity contribution in [1.82, 2.24) is 39.9 Å². The predicted octanol–water partition coefficient (Wildman–Crippen LogP) is 2.97. The van der Waals surface area contributed by atoms with Gasteiger partial charge in [-0.1, -0.05) is 13.0 Å². The lowest BCUT2D eigenvalue weighted by Gasteiger charge is -2.27. The molecule has 1 saturated heterocycles. The third-order valence-corrected chi connectivity index (χ3v) is 6.04. The summed E-state index contributed by atoms with van der Waals surface area (Å²) in [5, 5.41) is 21.2. The molecular formula is C23H21FN8. The predicted molar refractivity (Wildman–Crippen MR) is 118 cm³/mol. The van der Waals surface area contributed by atoms with Crippen LogP contribution in [0.5, 0.6) is 0 Å². The maximum atomic E-state index is 15.6. The van der Waals surface area contributed by atoms with Gasteiger partial charge in [-0.05, 0) is 36.2 Å². The van der Waals surface area contributed by atoms with Crippen molar-refractivity contribution < 1.29 is 4.39 Å². The van der Waals surface area contributed by atoms with E-state index in [1.165, 1.54) is 0 Å². The van der Waals surface area contributed by atoms with Gasteiger partial charge in [0.2, 0.25) is 0 Å². The van der Waals surface area contributed by atoms with E-state index in [0.29, 0.717) is 40.4 Å². The molecule has 0 spiro atoms. The smallest absolute Gasteiger partial charge is 0.177 e. The van der Waals surface area contributed by atoms with E-state index >= 15 is 4.39 Å². The van der Waals surface area contributed by atoms with Crippen LogP contribution in [-0.4, -0.2) is 47.7 Å². The van der Waals surface area contributed by atoms with Crippen LogP contribution in [0.4, 0.5) is 4.39 Å². The Kier molecular flexibility index (Phi) is 4.43. The Labute approximate surface area is 183 Å². The van der Waals surface area contributed by atoms with Crippen LogP contribution in [0.1, 0.15) is 30.0 Å². The first-order valence-corrected chi connectivity index (χ1v) is 10.7. The topological polar surface area (TPSA) is 85.8 Å². The maximum absolute atomic E-state index is 15.6. The van der Waals surface area contributed by atoms with Crippen molar-refractivity contribution in [1.29, 1.82) is 0 Å². The molecule has 0 saturated carbocycles. The molecule has 1 aliphatic heterocycles. The van der Waals surface area contributed by atoms with Crippen LogP contribution in [0.25, 0.3) is 27.7 Å². The zero-order valence-electron chi connectivity index (χ0n) is 17.5. The molecule has 160 valence electrons. The Morgan fingerprint density at radius 1 is 1.09 bits per heavy atom. The average Bonchev–Trinajstić information content (AvgIpc) is 3.41. The summed E-state index contributed by atoms with van der Waals surface area (Å²) in [6.07, 6.45) is 6.67. The third-order valence-electron chi connectivity index (χ3n) is 6.04. The molecular weight excluding hydrogens is 407 g/mol. The largest absolute Gasteiger partial charge is 0.312 e. The number of fused-ring (bicyclic) bond motifs is 2. The van der Waals surface area contributed by atoms with Crippen molar-refractivity contribution in [3.05, 3.63) is 71.8 Å². The SMILES string of the molecule is CCc1ccc2nnc(Cc3ccc4ncc(-c5cnn(C6CNC6)c5)cc4c3F)n2n1. The van der Waals surface area contributed by atoms with E-state index in [1.54, 1.807) is 16.8 Å². The fraction of sp³-hybridized carbons (Fsp3) is 0.261. The summed E-state index contributed by atoms with van der Waals surface area (Å²) in [5.41, 5.74) is 4.50. The summed E-state index contributed by atoms with van der Waals surface area (Å²) in [5.74, 6) is 0.309. The molecule has 0 amide bonds. The molecule has 9 heteroatoms. The van der Waals surface area contributed by atoms with Crippen LogP contribution in [0, 0.1) is 5.82 Å². The van der Waals surface area contributed by atoms with Gasteiger partial charge in [-0.2, -0.15) is 14.7 Å². The van der Waals surface area contributed by atoms with E-state index in [4.69, 9.17) is 0 Å². The summed E-state index contributed by atoms with van der Waals surface area (Å²) in [6, 6.07) is 9.64. The highest BCUT2D eigenvalue weighted by Crippen LogP contribution is 2.27. The first-order chi connectivity index (χ1) is 15.7. The fourth-order valence-electron chi connectivity index (χ4n) is 3.99. The van der Waals surface area contributed by atoms with Crippen LogP contribution in [-0.2, 0) is 12.8 Å². The van der Waals surface area contributed by atoms with Gasteiger partial charge in [0.15, 0.2) is 11.5 Å². The zero-order chi connectivity index (χ0) is 21.7. The van der Waals surface area contributed by atoms with E-state index < -0.39 is 0 Å². The maximum Gasteiger partial charge on any atom is 0.177 e.